The molecule has 0 aliphatic carbocycles. The van der Waals surface area contributed by atoms with Gasteiger partial charge in [0, 0.05) is 17.5 Å². The first kappa shape index (κ1) is 18.4. The number of halogens is 3. The van der Waals surface area contributed by atoms with E-state index < -0.39 is 56.2 Å². The number of nitrogen functional groups attached to an aromatic ring is 1. The topological polar surface area (TPSA) is 112 Å². The minimum Gasteiger partial charge on any atom is -0.387 e. The monoisotopic (exact) mass is 333 g/mol. The predicted molar refractivity (Wildman–Crippen MR) is 77.1 cm³/mol. The van der Waals surface area contributed by atoms with Crippen LogP contribution in [-0.4, -0.2) is 9.85 Å². The van der Waals surface area contributed by atoms with Crippen LogP contribution in [0.2, 0.25) is 0 Å². The van der Waals surface area contributed by atoms with Crippen molar-refractivity contribution in [2.45, 2.75) is 32.9 Å². The molecule has 0 atom stereocenters. The molecule has 0 spiro atoms. The Morgan fingerprint density at radius 1 is 1.17 bits per heavy atom. The highest BCUT2D eigenvalue weighted by Crippen LogP contribution is 2.47. The smallest absolute Gasteiger partial charge is 0.387 e. The van der Waals surface area contributed by atoms with Crippen LogP contribution in [0, 0.1) is 20.2 Å². The molecule has 2 N–H and O–H groups in total. The molecule has 0 aliphatic heterocycles. The lowest BCUT2D eigenvalue weighted by atomic mass is 9.90. The molecule has 0 unspecified atom stereocenters. The molecule has 126 valence electrons. The molecule has 1 rings (SSSR count). The van der Waals surface area contributed by atoms with Crippen LogP contribution in [0.1, 0.15) is 30.5 Å². The van der Waals surface area contributed by atoms with Crippen molar-refractivity contribution in [3.63, 3.8) is 0 Å². The Morgan fingerprint density at radius 3 is 1.91 bits per heavy atom. The van der Waals surface area contributed by atoms with E-state index in [1.165, 1.54) is 13.8 Å². The SMILES string of the molecule is C=C(C)Cc1c([N+](=O)[O-])c(N)c([N+](=O)[O-])c(CC)c1C(F)(F)F. The highest BCUT2D eigenvalue weighted by atomic mass is 19.4. The van der Waals surface area contributed by atoms with Crippen LogP contribution >= 0.6 is 0 Å². The van der Waals surface area contributed by atoms with Gasteiger partial charge in [0.2, 0.25) is 0 Å². The minimum atomic E-state index is -5.00. The molecule has 0 aliphatic rings. The molecule has 0 bridgehead atoms. The number of alkyl halides is 3. The van der Waals surface area contributed by atoms with Crippen molar-refractivity contribution in [1.82, 2.24) is 0 Å². The molecule has 0 saturated heterocycles. The molecule has 0 heterocycles. The third kappa shape index (κ3) is 3.41. The molecular weight excluding hydrogens is 319 g/mol. The van der Waals surface area contributed by atoms with E-state index in [9.17, 15) is 33.4 Å². The Bertz CT molecular complexity index is 699. The van der Waals surface area contributed by atoms with Crippen LogP contribution in [0.4, 0.5) is 30.2 Å². The summed E-state index contributed by atoms with van der Waals surface area (Å²) in [6, 6.07) is 0. The van der Waals surface area contributed by atoms with Gasteiger partial charge in [0.1, 0.15) is 0 Å². The van der Waals surface area contributed by atoms with Crippen LogP contribution in [0.25, 0.3) is 0 Å². The van der Waals surface area contributed by atoms with Gasteiger partial charge in [0.25, 0.3) is 0 Å². The van der Waals surface area contributed by atoms with E-state index in [4.69, 9.17) is 5.73 Å². The summed E-state index contributed by atoms with van der Waals surface area (Å²) in [5.41, 5.74) is -0.0823. The molecule has 0 saturated carbocycles. The summed E-state index contributed by atoms with van der Waals surface area (Å²) in [5.74, 6) is 0. The standard InChI is InChI=1S/C13H14F3N3O4/c1-4-7-9(13(14,15)16)8(5-6(2)3)12(19(22)23)10(17)11(7)18(20)21/h2,4-5,17H2,1,3H3. The first-order valence-corrected chi connectivity index (χ1v) is 6.40. The van der Waals surface area contributed by atoms with Crippen molar-refractivity contribution in [3.05, 3.63) is 49.1 Å². The minimum absolute atomic E-state index is 0.230. The highest BCUT2D eigenvalue weighted by molar-refractivity contribution is 5.79. The zero-order chi connectivity index (χ0) is 18.1. The van der Waals surface area contributed by atoms with E-state index in [2.05, 4.69) is 6.58 Å². The van der Waals surface area contributed by atoms with Gasteiger partial charge >= 0.3 is 17.6 Å². The summed E-state index contributed by atoms with van der Waals surface area (Å²) in [5, 5.41) is 22.3. The maximum Gasteiger partial charge on any atom is 0.417 e. The van der Waals surface area contributed by atoms with Crippen molar-refractivity contribution >= 4 is 17.1 Å². The second kappa shape index (κ2) is 6.23. The maximum atomic E-state index is 13.4. The molecule has 10 heteroatoms. The normalized spacial score (nSPS) is 11.3. The second-order valence-corrected chi connectivity index (χ2v) is 4.94. The van der Waals surface area contributed by atoms with E-state index >= 15 is 0 Å². The fraction of sp³-hybridized carbons (Fsp3) is 0.385. The Labute approximate surface area is 128 Å². The Balaban J connectivity index is 4.14. The van der Waals surface area contributed by atoms with Crippen LogP contribution in [0.5, 0.6) is 0 Å². The number of anilines is 1. The van der Waals surface area contributed by atoms with Crippen molar-refractivity contribution < 1.29 is 23.0 Å². The Morgan fingerprint density at radius 2 is 1.61 bits per heavy atom. The summed E-state index contributed by atoms with van der Waals surface area (Å²) in [7, 11) is 0. The summed E-state index contributed by atoms with van der Waals surface area (Å²) in [6.07, 6.45) is -5.81. The average molecular weight is 333 g/mol. The van der Waals surface area contributed by atoms with Gasteiger partial charge in [-0.25, -0.2) is 0 Å². The lowest BCUT2D eigenvalue weighted by Gasteiger charge is -2.18. The number of hydrogen-bond donors (Lipinski definition) is 1. The average Bonchev–Trinajstić information content (AvgIpc) is 2.34. The zero-order valence-corrected chi connectivity index (χ0v) is 12.4. The van der Waals surface area contributed by atoms with E-state index in [0.717, 1.165) is 0 Å². The van der Waals surface area contributed by atoms with E-state index in [0.29, 0.717) is 0 Å². The lowest BCUT2D eigenvalue weighted by Crippen LogP contribution is -2.18. The van der Waals surface area contributed by atoms with Crippen molar-refractivity contribution in [2.24, 2.45) is 0 Å². The first-order valence-electron chi connectivity index (χ1n) is 6.40. The van der Waals surface area contributed by atoms with Gasteiger partial charge in [-0.2, -0.15) is 13.2 Å². The Kier molecular flexibility index (Phi) is 4.98. The van der Waals surface area contributed by atoms with Crippen LogP contribution < -0.4 is 5.73 Å². The molecule has 1 aromatic rings. The summed E-state index contributed by atoms with van der Waals surface area (Å²) < 4.78 is 40.3. The third-order valence-electron chi connectivity index (χ3n) is 3.17. The molecule has 7 nitrogen and oxygen atoms in total. The molecule has 0 radical (unpaired) electrons. The van der Waals surface area contributed by atoms with Crippen molar-refractivity contribution in [2.75, 3.05) is 5.73 Å². The van der Waals surface area contributed by atoms with Gasteiger partial charge in [-0.3, -0.25) is 20.2 Å². The number of benzene rings is 1. The molecule has 0 amide bonds. The zero-order valence-electron chi connectivity index (χ0n) is 12.4. The van der Waals surface area contributed by atoms with E-state index in [1.807, 2.05) is 0 Å². The summed E-state index contributed by atoms with van der Waals surface area (Å²) in [6.45, 7) is 6.13. The van der Waals surface area contributed by atoms with Crippen molar-refractivity contribution in [3.8, 4) is 0 Å². The summed E-state index contributed by atoms with van der Waals surface area (Å²) in [4.78, 5) is 20.0. The fourth-order valence-electron chi connectivity index (χ4n) is 2.43. The highest BCUT2D eigenvalue weighted by Gasteiger charge is 2.44. The van der Waals surface area contributed by atoms with Crippen LogP contribution in [0.15, 0.2) is 12.2 Å². The molecule has 23 heavy (non-hydrogen) atoms. The van der Waals surface area contributed by atoms with Crippen LogP contribution in [0.3, 0.4) is 0 Å². The number of nitrogens with zero attached hydrogens (tertiary/aromatic N) is 2. The number of hydrogen-bond acceptors (Lipinski definition) is 5. The van der Waals surface area contributed by atoms with E-state index in [-0.39, 0.29) is 12.0 Å². The third-order valence-corrected chi connectivity index (χ3v) is 3.17. The lowest BCUT2D eigenvalue weighted by molar-refractivity contribution is -0.393. The number of nitro benzene ring substituents is 2. The summed E-state index contributed by atoms with van der Waals surface area (Å²) >= 11 is 0. The van der Waals surface area contributed by atoms with Gasteiger partial charge in [0.15, 0.2) is 5.69 Å². The molecule has 0 fully saturated rings. The maximum absolute atomic E-state index is 13.4. The predicted octanol–water partition coefficient (Wildman–Crippen LogP) is 3.79. The Hall–Kier alpha value is -2.65. The number of allylic oxidation sites excluding steroid dienone is 1. The van der Waals surface area contributed by atoms with E-state index in [1.54, 1.807) is 0 Å². The van der Waals surface area contributed by atoms with Gasteiger partial charge in [-0.15, -0.1) is 0 Å². The largest absolute Gasteiger partial charge is 0.417 e. The molecular formula is C13H14F3N3O4. The van der Waals surface area contributed by atoms with Crippen LogP contribution in [-0.2, 0) is 19.0 Å². The van der Waals surface area contributed by atoms with Gasteiger partial charge in [-0.05, 0) is 13.3 Å². The van der Waals surface area contributed by atoms with Gasteiger partial charge in [-0.1, -0.05) is 19.1 Å². The van der Waals surface area contributed by atoms with Gasteiger partial charge < -0.3 is 5.73 Å². The quantitative estimate of drug-likeness (QED) is 0.381. The number of nitrogens with two attached hydrogens (primary N) is 1. The first-order chi connectivity index (χ1) is 10.4. The second-order valence-electron chi connectivity index (χ2n) is 4.94. The van der Waals surface area contributed by atoms with Gasteiger partial charge in [0.05, 0.1) is 15.4 Å². The molecule has 1 aromatic carbocycles. The molecule has 0 aromatic heterocycles. The number of nitro groups is 2. The van der Waals surface area contributed by atoms with Crippen molar-refractivity contribution in [1.29, 1.82) is 0 Å². The fourth-order valence-corrected chi connectivity index (χ4v) is 2.43. The number of rotatable bonds is 5.